The second-order valence-corrected chi connectivity index (χ2v) is 6.98. The van der Waals surface area contributed by atoms with Crippen molar-refractivity contribution in [1.29, 1.82) is 0 Å². The van der Waals surface area contributed by atoms with Gasteiger partial charge < -0.3 is 18.9 Å². The van der Waals surface area contributed by atoms with Crippen LogP contribution in [-0.4, -0.2) is 26.0 Å². The largest absolute Gasteiger partial charge is 0.496 e. The fourth-order valence-corrected chi connectivity index (χ4v) is 3.39. The maximum Gasteiger partial charge on any atom is 0.351 e. The maximum absolute atomic E-state index is 13.1. The summed E-state index contributed by atoms with van der Waals surface area (Å²) in [5, 5.41) is 0. The van der Waals surface area contributed by atoms with Gasteiger partial charge in [0.05, 0.1) is 19.8 Å². The number of benzene rings is 3. The minimum absolute atomic E-state index is 0.101. The molecule has 0 radical (unpaired) electrons. The van der Waals surface area contributed by atoms with Gasteiger partial charge in [0.1, 0.15) is 34.4 Å². The van der Waals surface area contributed by atoms with Gasteiger partial charge in [-0.2, -0.15) is 0 Å². The van der Waals surface area contributed by atoms with Crippen LogP contribution in [0.25, 0.3) is 6.08 Å². The topological polar surface area (TPSA) is 71.1 Å². The molecule has 1 aliphatic rings. The van der Waals surface area contributed by atoms with Crippen LogP contribution >= 0.6 is 0 Å². The Morgan fingerprint density at radius 2 is 1.59 bits per heavy atom. The number of hydrogen-bond donors (Lipinski definition) is 0. The molecule has 1 aliphatic heterocycles. The lowest BCUT2D eigenvalue weighted by Crippen LogP contribution is -2.12. The van der Waals surface area contributed by atoms with E-state index in [4.69, 9.17) is 18.9 Å². The predicted molar refractivity (Wildman–Crippen MR) is 115 cm³/mol. The third kappa shape index (κ3) is 3.80. The van der Waals surface area contributed by atoms with Crippen molar-refractivity contribution >= 4 is 17.8 Å². The first-order valence-corrected chi connectivity index (χ1v) is 9.69. The molecule has 32 heavy (non-hydrogen) atoms. The van der Waals surface area contributed by atoms with Crippen LogP contribution in [0.4, 0.5) is 4.39 Å². The minimum Gasteiger partial charge on any atom is -0.496 e. The van der Waals surface area contributed by atoms with Gasteiger partial charge >= 0.3 is 5.97 Å². The Labute approximate surface area is 183 Å². The summed E-state index contributed by atoms with van der Waals surface area (Å²) in [6, 6.07) is 13.7. The van der Waals surface area contributed by atoms with E-state index in [1.165, 1.54) is 44.6 Å². The van der Waals surface area contributed by atoms with Crippen molar-refractivity contribution in [1.82, 2.24) is 0 Å². The van der Waals surface area contributed by atoms with E-state index >= 15 is 0 Å². The van der Waals surface area contributed by atoms with E-state index in [1.54, 1.807) is 37.3 Å². The number of ketones is 1. The number of carbonyl (C=O) groups excluding carboxylic acids is 2. The van der Waals surface area contributed by atoms with Crippen molar-refractivity contribution in [3.8, 4) is 23.0 Å². The summed E-state index contributed by atoms with van der Waals surface area (Å²) < 4.78 is 35.0. The molecule has 0 bridgehead atoms. The molecule has 4 rings (SSSR count). The smallest absolute Gasteiger partial charge is 0.351 e. The van der Waals surface area contributed by atoms with Crippen LogP contribution in [0.2, 0.25) is 0 Å². The average molecular weight is 434 g/mol. The number of carbonyl (C=O) groups is 2. The van der Waals surface area contributed by atoms with Gasteiger partial charge in [-0.15, -0.1) is 0 Å². The van der Waals surface area contributed by atoms with Crippen molar-refractivity contribution in [2.45, 2.75) is 6.92 Å². The number of fused-ring (bicyclic) bond motifs is 1. The second kappa shape index (κ2) is 8.55. The number of ether oxygens (including phenoxy) is 4. The van der Waals surface area contributed by atoms with E-state index in [0.717, 1.165) is 0 Å². The van der Waals surface area contributed by atoms with Gasteiger partial charge in [0.15, 0.2) is 5.76 Å². The van der Waals surface area contributed by atoms with Gasteiger partial charge in [-0.1, -0.05) is 18.2 Å². The van der Waals surface area contributed by atoms with E-state index in [9.17, 15) is 14.0 Å². The second-order valence-electron chi connectivity index (χ2n) is 6.98. The highest BCUT2D eigenvalue weighted by Gasteiger charge is 2.31. The van der Waals surface area contributed by atoms with Gasteiger partial charge in [0, 0.05) is 5.56 Å². The summed E-state index contributed by atoms with van der Waals surface area (Å²) in [5.74, 6) is -0.0930. The maximum atomic E-state index is 13.1. The highest BCUT2D eigenvalue weighted by molar-refractivity contribution is 6.15. The molecule has 0 atom stereocenters. The SMILES string of the molecule is COc1cccc(OC)c1C(=O)Oc1ccc2c(c1C)O/C(=C\c1ccc(F)cc1)C2=O. The third-order valence-corrected chi connectivity index (χ3v) is 5.04. The average Bonchev–Trinajstić information content (AvgIpc) is 3.12. The number of halogens is 1. The zero-order chi connectivity index (χ0) is 22.8. The molecule has 0 unspecified atom stereocenters. The summed E-state index contributed by atoms with van der Waals surface area (Å²) >= 11 is 0. The first-order chi connectivity index (χ1) is 15.4. The van der Waals surface area contributed by atoms with Crippen LogP contribution in [0.1, 0.15) is 31.8 Å². The number of hydrogen-bond acceptors (Lipinski definition) is 6. The minimum atomic E-state index is -0.672. The molecule has 0 saturated carbocycles. The number of esters is 1. The van der Waals surface area contributed by atoms with Crippen LogP contribution < -0.4 is 18.9 Å². The Balaban J connectivity index is 1.64. The van der Waals surface area contributed by atoms with Crippen molar-refractivity contribution < 1.29 is 32.9 Å². The molecular weight excluding hydrogens is 415 g/mol. The normalized spacial score (nSPS) is 13.5. The Hall–Kier alpha value is -4.13. The lowest BCUT2D eigenvalue weighted by Gasteiger charge is -2.14. The van der Waals surface area contributed by atoms with E-state index in [0.29, 0.717) is 33.9 Å². The molecule has 1 heterocycles. The molecule has 0 fully saturated rings. The standard InChI is InChI=1S/C25H19FO6/c1-14-18(32-25(28)22-19(29-2)5-4-6-20(22)30-3)12-11-17-23(27)21(31-24(14)17)13-15-7-9-16(26)10-8-15/h4-13H,1-3H3/b21-13-. The van der Waals surface area contributed by atoms with Gasteiger partial charge in [0.25, 0.3) is 0 Å². The summed E-state index contributed by atoms with van der Waals surface area (Å²) in [7, 11) is 2.89. The van der Waals surface area contributed by atoms with Gasteiger partial charge in [0.2, 0.25) is 5.78 Å². The number of methoxy groups -OCH3 is 2. The zero-order valence-electron chi connectivity index (χ0n) is 17.6. The molecule has 3 aromatic rings. The number of allylic oxidation sites excluding steroid dienone is 1. The molecule has 0 aliphatic carbocycles. The zero-order valence-corrected chi connectivity index (χ0v) is 17.6. The lowest BCUT2D eigenvalue weighted by molar-refractivity contribution is 0.0726. The molecule has 6 nitrogen and oxygen atoms in total. The van der Waals surface area contributed by atoms with Crippen molar-refractivity contribution in [3.05, 3.63) is 88.4 Å². The molecular formula is C25H19FO6. The summed E-state index contributed by atoms with van der Waals surface area (Å²) in [4.78, 5) is 25.6. The first kappa shape index (κ1) is 21.1. The molecule has 3 aromatic carbocycles. The van der Waals surface area contributed by atoms with E-state index < -0.39 is 5.97 Å². The monoisotopic (exact) mass is 434 g/mol. The van der Waals surface area contributed by atoms with Crippen LogP contribution in [0.15, 0.2) is 60.4 Å². The van der Waals surface area contributed by atoms with Gasteiger partial charge in [-0.25, -0.2) is 9.18 Å². The molecule has 162 valence electrons. The van der Waals surface area contributed by atoms with E-state index in [-0.39, 0.29) is 28.7 Å². The Morgan fingerprint density at radius 3 is 2.22 bits per heavy atom. The number of Topliss-reactive ketones (excluding diaryl/α,β-unsaturated/α-hetero) is 1. The lowest BCUT2D eigenvalue weighted by atomic mass is 10.1. The number of rotatable bonds is 5. The van der Waals surface area contributed by atoms with Gasteiger partial charge in [-0.3, -0.25) is 4.79 Å². The molecule has 0 spiro atoms. The quantitative estimate of drug-likeness (QED) is 0.320. The first-order valence-electron chi connectivity index (χ1n) is 9.69. The highest BCUT2D eigenvalue weighted by atomic mass is 19.1. The van der Waals surface area contributed by atoms with Gasteiger partial charge in [-0.05, 0) is 55.0 Å². The highest BCUT2D eigenvalue weighted by Crippen LogP contribution is 2.40. The molecule has 0 aromatic heterocycles. The van der Waals surface area contributed by atoms with Crippen LogP contribution in [-0.2, 0) is 0 Å². The van der Waals surface area contributed by atoms with Crippen LogP contribution in [0, 0.1) is 12.7 Å². The summed E-state index contributed by atoms with van der Waals surface area (Å²) in [6.45, 7) is 1.69. The fourth-order valence-electron chi connectivity index (χ4n) is 3.39. The Morgan fingerprint density at radius 1 is 0.938 bits per heavy atom. The summed E-state index contributed by atoms with van der Waals surface area (Å²) in [6.07, 6.45) is 1.53. The van der Waals surface area contributed by atoms with Crippen molar-refractivity contribution in [2.75, 3.05) is 14.2 Å². The third-order valence-electron chi connectivity index (χ3n) is 5.04. The predicted octanol–water partition coefficient (Wildman–Crippen LogP) is 4.99. The van der Waals surface area contributed by atoms with Crippen LogP contribution in [0.3, 0.4) is 0 Å². The van der Waals surface area contributed by atoms with Crippen molar-refractivity contribution in [3.63, 3.8) is 0 Å². The Kier molecular flexibility index (Phi) is 5.64. The van der Waals surface area contributed by atoms with Crippen molar-refractivity contribution in [2.24, 2.45) is 0 Å². The molecule has 0 amide bonds. The molecule has 0 N–H and O–H groups in total. The fraction of sp³-hybridized carbons (Fsp3) is 0.120. The molecule has 0 saturated heterocycles. The summed E-state index contributed by atoms with van der Waals surface area (Å²) in [5.41, 5.74) is 1.60. The molecule has 7 heteroatoms. The Bertz CT molecular complexity index is 1220. The van der Waals surface area contributed by atoms with Crippen LogP contribution in [0.5, 0.6) is 23.0 Å². The van der Waals surface area contributed by atoms with E-state index in [2.05, 4.69) is 0 Å². The van der Waals surface area contributed by atoms with E-state index in [1.807, 2.05) is 0 Å².